The van der Waals surface area contributed by atoms with Crippen LogP contribution in [0.2, 0.25) is 0 Å². The van der Waals surface area contributed by atoms with Crippen LogP contribution in [0.3, 0.4) is 0 Å². The van der Waals surface area contributed by atoms with Gasteiger partial charge in [0.2, 0.25) is 17.7 Å². The second-order valence-corrected chi connectivity index (χ2v) is 7.62. The van der Waals surface area contributed by atoms with E-state index >= 15 is 0 Å². The summed E-state index contributed by atoms with van der Waals surface area (Å²) in [7, 11) is 7.26. The Morgan fingerprint density at radius 2 is 1.74 bits per heavy atom. The summed E-state index contributed by atoms with van der Waals surface area (Å²) in [6.45, 7) is 2.71. The van der Waals surface area contributed by atoms with Crippen molar-refractivity contribution in [2.24, 2.45) is 0 Å². The molecule has 0 aliphatic heterocycles. The molecule has 0 atom stereocenters. The number of nitrogens with zero attached hydrogens (tertiary/aromatic N) is 5. The highest BCUT2D eigenvalue weighted by Gasteiger charge is 2.11. The molecule has 0 aliphatic carbocycles. The van der Waals surface area contributed by atoms with Crippen LogP contribution < -0.4 is 14.4 Å². The number of ether oxygens (including phenoxy) is 2. The fraction of sp³-hybridized carbons (Fsp3) is 0.435. The monoisotopic (exact) mass is 422 g/mol. The molecule has 0 amide bonds. The minimum Gasteiger partial charge on any atom is -0.481 e. The van der Waals surface area contributed by atoms with Gasteiger partial charge in [0.15, 0.2) is 0 Å². The molecule has 0 saturated heterocycles. The summed E-state index contributed by atoms with van der Waals surface area (Å²) in [4.78, 5) is 16.4. The lowest BCUT2D eigenvalue weighted by Gasteiger charge is -2.22. The highest BCUT2D eigenvalue weighted by molar-refractivity contribution is 5.84. The predicted molar refractivity (Wildman–Crippen MR) is 122 cm³/mol. The Labute approximate surface area is 183 Å². The normalized spacial score (nSPS) is 11.0. The van der Waals surface area contributed by atoms with Crippen molar-refractivity contribution in [1.29, 1.82) is 5.26 Å². The van der Waals surface area contributed by atoms with E-state index in [0.29, 0.717) is 23.3 Å². The number of hydrogen-bond donors (Lipinski definition) is 1. The van der Waals surface area contributed by atoms with Gasteiger partial charge in [-0.25, -0.2) is 0 Å². The van der Waals surface area contributed by atoms with Gasteiger partial charge in [-0.2, -0.15) is 15.2 Å². The standard InChI is InChI=1S/C23H30N6O2/c1-28(11-12-29(2)23-26-21(30-3)14-22(27-23)31-4)10-6-5-7-18-16-25-20-9-8-17(15-24)13-19(18)20/h8-9,13-14,16,25H,5-7,10-12H2,1-4H3. The smallest absolute Gasteiger partial charge is 0.231 e. The molecule has 2 aromatic heterocycles. The van der Waals surface area contributed by atoms with Gasteiger partial charge in [-0.1, -0.05) is 0 Å². The van der Waals surface area contributed by atoms with Crippen LogP contribution >= 0.6 is 0 Å². The van der Waals surface area contributed by atoms with Gasteiger partial charge in [-0.15, -0.1) is 0 Å². The van der Waals surface area contributed by atoms with Crippen molar-refractivity contribution in [2.75, 3.05) is 52.8 Å². The lowest BCUT2D eigenvalue weighted by molar-refractivity contribution is 0.331. The molecular formula is C23H30N6O2. The zero-order chi connectivity index (χ0) is 22.2. The Kier molecular flexibility index (Phi) is 7.68. The third-order valence-electron chi connectivity index (χ3n) is 5.38. The third-order valence-corrected chi connectivity index (χ3v) is 5.38. The lowest BCUT2D eigenvalue weighted by Crippen LogP contribution is -2.32. The van der Waals surface area contributed by atoms with E-state index in [1.807, 2.05) is 30.1 Å². The van der Waals surface area contributed by atoms with Crippen molar-refractivity contribution in [3.05, 3.63) is 41.6 Å². The van der Waals surface area contributed by atoms with Crippen LogP contribution in [0, 0.1) is 11.3 Å². The van der Waals surface area contributed by atoms with Crippen LogP contribution in [-0.2, 0) is 6.42 Å². The number of methoxy groups -OCH3 is 2. The van der Waals surface area contributed by atoms with Gasteiger partial charge >= 0.3 is 0 Å². The predicted octanol–water partition coefficient (Wildman–Crippen LogP) is 3.24. The summed E-state index contributed by atoms with van der Waals surface area (Å²) in [5, 5.41) is 10.3. The molecule has 0 bridgehead atoms. The van der Waals surface area contributed by atoms with E-state index in [0.717, 1.165) is 49.8 Å². The van der Waals surface area contributed by atoms with Gasteiger partial charge in [0.1, 0.15) is 0 Å². The largest absolute Gasteiger partial charge is 0.481 e. The number of nitrogens with one attached hydrogen (secondary N) is 1. The molecule has 8 nitrogen and oxygen atoms in total. The van der Waals surface area contributed by atoms with Gasteiger partial charge in [0, 0.05) is 37.2 Å². The molecule has 0 fully saturated rings. The maximum absolute atomic E-state index is 9.13. The highest BCUT2D eigenvalue weighted by Crippen LogP contribution is 2.22. The van der Waals surface area contributed by atoms with E-state index in [4.69, 9.17) is 14.7 Å². The molecule has 0 unspecified atom stereocenters. The number of benzene rings is 1. The van der Waals surface area contributed by atoms with E-state index in [9.17, 15) is 0 Å². The van der Waals surface area contributed by atoms with E-state index in [1.54, 1.807) is 20.3 Å². The summed E-state index contributed by atoms with van der Waals surface area (Å²) < 4.78 is 10.4. The number of aromatic nitrogens is 3. The van der Waals surface area contributed by atoms with Crippen LogP contribution in [0.5, 0.6) is 11.8 Å². The first-order valence-electron chi connectivity index (χ1n) is 10.4. The Morgan fingerprint density at radius 3 is 2.42 bits per heavy atom. The van der Waals surface area contributed by atoms with Gasteiger partial charge < -0.3 is 24.3 Å². The number of anilines is 1. The minimum absolute atomic E-state index is 0.487. The average molecular weight is 423 g/mol. The van der Waals surface area contributed by atoms with Crippen molar-refractivity contribution in [2.45, 2.75) is 19.3 Å². The average Bonchev–Trinajstić information content (AvgIpc) is 3.21. The first-order valence-corrected chi connectivity index (χ1v) is 10.4. The van der Waals surface area contributed by atoms with Crippen LogP contribution in [-0.4, -0.2) is 67.8 Å². The Bertz CT molecular complexity index is 1020. The van der Waals surface area contributed by atoms with Crippen LogP contribution in [0.25, 0.3) is 10.9 Å². The van der Waals surface area contributed by atoms with Gasteiger partial charge in [-0.3, -0.25) is 0 Å². The quantitative estimate of drug-likeness (QED) is 0.474. The molecule has 8 heteroatoms. The minimum atomic E-state index is 0.487. The number of aryl methyl sites for hydroxylation is 1. The van der Waals surface area contributed by atoms with Crippen LogP contribution in [0.1, 0.15) is 24.0 Å². The summed E-state index contributed by atoms with van der Waals surface area (Å²) in [6, 6.07) is 9.68. The number of fused-ring (bicyclic) bond motifs is 1. The van der Waals surface area contributed by atoms with Crippen LogP contribution in [0.15, 0.2) is 30.5 Å². The Hall–Kier alpha value is -3.31. The molecule has 1 aromatic carbocycles. The third kappa shape index (κ3) is 5.86. The number of hydrogen-bond acceptors (Lipinski definition) is 7. The topological polar surface area (TPSA) is 90.3 Å². The number of rotatable bonds is 11. The zero-order valence-corrected chi connectivity index (χ0v) is 18.7. The van der Waals surface area contributed by atoms with Crippen molar-refractivity contribution in [3.8, 4) is 17.8 Å². The summed E-state index contributed by atoms with van der Waals surface area (Å²) >= 11 is 0. The molecule has 3 rings (SSSR count). The molecule has 0 spiro atoms. The van der Waals surface area contributed by atoms with Gasteiger partial charge in [-0.05, 0) is 56.6 Å². The second-order valence-electron chi connectivity index (χ2n) is 7.62. The second kappa shape index (κ2) is 10.6. The molecule has 0 saturated carbocycles. The molecule has 3 aromatic rings. The van der Waals surface area contributed by atoms with Crippen LogP contribution in [0.4, 0.5) is 5.95 Å². The number of H-pyrrole nitrogens is 1. The van der Waals surface area contributed by atoms with Gasteiger partial charge in [0.05, 0.1) is 31.9 Å². The fourth-order valence-electron chi connectivity index (χ4n) is 3.46. The summed E-state index contributed by atoms with van der Waals surface area (Å²) in [5.74, 6) is 1.56. The first-order chi connectivity index (χ1) is 15.0. The van der Waals surface area contributed by atoms with E-state index in [2.05, 4.69) is 39.2 Å². The van der Waals surface area contributed by atoms with Gasteiger partial charge in [0.25, 0.3) is 0 Å². The van der Waals surface area contributed by atoms with Crippen molar-refractivity contribution in [1.82, 2.24) is 19.9 Å². The summed E-state index contributed by atoms with van der Waals surface area (Å²) in [5.41, 5.74) is 3.07. The lowest BCUT2D eigenvalue weighted by atomic mass is 10.1. The maximum Gasteiger partial charge on any atom is 0.231 e. The molecule has 31 heavy (non-hydrogen) atoms. The number of likely N-dealkylation sites (N-methyl/N-ethyl adjacent to an activating group) is 2. The SMILES string of the molecule is COc1cc(OC)nc(N(C)CCN(C)CCCCc2c[nH]c3ccc(C#N)cc23)n1. The van der Waals surface area contributed by atoms with E-state index in [-0.39, 0.29) is 0 Å². The van der Waals surface area contributed by atoms with E-state index < -0.39 is 0 Å². The zero-order valence-electron chi connectivity index (χ0n) is 18.7. The molecule has 2 heterocycles. The molecule has 0 radical (unpaired) electrons. The van der Waals surface area contributed by atoms with Crippen molar-refractivity contribution >= 4 is 16.9 Å². The number of nitriles is 1. The Morgan fingerprint density at radius 1 is 1.00 bits per heavy atom. The summed E-state index contributed by atoms with van der Waals surface area (Å²) in [6.07, 6.45) is 5.27. The number of aromatic amines is 1. The van der Waals surface area contributed by atoms with Crippen molar-refractivity contribution < 1.29 is 9.47 Å². The highest BCUT2D eigenvalue weighted by atomic mass is 16.5. The number of unbranched alkanes of at least 4 members (excludes halogenated alkanes) is 1. The van der Waals surface area contributed by atoms with E-state index in [1.165, 1.54) is 5.56 Å². The van der Waals surface area contributed by atoms with Crippen molar-refractivity contribution in [3.63, 3.8) is 0 Å². The Balaban J connectivity index is 1.44. The molecule has 0 aliphatic rings. The first kappa shape index (κ1) is 22.4. The maximum atomic E-state index is 9.13. The molecule has 164 valence electrons. The molecular weight excluding hydrogens is 392 g/mol. The molecule has 1 N–H and O–H groups in total. The fourth-order valence-corrected chi connectivity index (χ4v) is 3.46.